The van der Waals surface area contributed by atoms with Crippen molar-refractivity contribution in [3.05, 3.63) is 77.9 Å². The number of nitrogens with one attached hydrogen (secondary N) is 1. The Bertz CT molecular complexity index is 1130. The zero-order chi connectivity index (χ0) is 21.3. The lowest BCUT2D eigenvalue weighted by molar-refractivity contribution is -0.143. The van der Waals surface area contributed by atoms with Crippen molar-refractivity contribution in [2.75, 3.05) is 12.0 Å². The van der Waals surface area contributed by atoms with Crippen molar-refractivity contribution in [3.63, 3.8) is 0 Å². The molecule has 1 aliphatic rings. The minimum absolute atomic E-state index is 0.330. The summed E-state index contributed by atoms with van der Waals surface area (Å²) in [6, 6.07) is 18.8. The summed E-state index contributed by atoms with van der Waals surface area (Å²) in [5.41, 5.74) is 2.06. The molecule has 3 aromatic rings. The van der Waals surface area contributed by atoms with Crippen molar-refractivity contribution < 1.29 is 19.1 Å². The van der Waals surface area contributed by atoms with Crippen molar-refractivity contribution in [3.8, 4) is 0 Å². The second-order valence-electron chi connectivity index (χ2n) is 7.29. The number of rotatable bonds is 4. The summed E-state index contributed by atoms with van der Waals surface area (Å²) >= 11 is 0. The van der Waals surface area contributed by atoms with Gasteiger partial charge < -0.3 is 10.1 Å². The molecule has 3 aromatic carbocycles. The fourth-order valence-electron chi connectivity index (χ4n) is 3.96. The summed E-state index contributed by atoms with van der Waals surface area (Å²) in [5.74, 6) is -1.18. The van der Waals surface area contributed by atoms with Crippen LogP contribution in [0, 0.1) is 0 Å². The maximum Gasteiger partial charge on any atom is 0.328 e. The molecule has 1 unspecified atom stereocenters. The van der Waals surface area contributed by atoms with Crippen LogP contribution in [0.4, 0.5) is 5.69 Å². The monoisotopic (exact) mass is 402 g/mol. The fraction of sp³-hybridized carbons (Fsp3) is 0.208. The van der Waals surface area contributed by atoms with E-state index >= 15 is 0 Å². The van der Waals surface area contributed by atoms with E-state index < -0.39 is 18.1 Å². The van der Waals surface area contributed by atoms with Crippen LogP contribution in [0.3, 0.4) is 0 Å². The van der Waals surface area contributed by atoms with Gasteiger partial charge in [-0.15, -0.1) is 0 Å². The van der Waals surface area contributed by atoms with Crippen molar-refractivity contribution in [1.29, 1.82) is 0 Å². The molecule has 0 saturated heterocycles. The first kappa shape index (κ1) is 19.6. The molecule has 1 N–H and O–H groups in total. The van der Waals surface area contributed by atoms with Crippen LogP contribution in [0.15, 0.2) is 66.7 Å². The van der Waals surface area contributed by atoms with Gasteiger partial charge in [-0.2, -0.15) is 0 Å². The van der Waals surface area contributed by atoms with Crippen LogP contribution < -0.4 is 10.2 Å². The normalized spacial score (nSPS) is 16.7. The van der Waals surface area contributed by atoms with E-state index in [-0.39, 0.29) is 11.8 Å². The molecule has 0 fully saturated rings. The fourth-order valence-corrected chi connectivity index (χ4v) is 3.96. The highest BCUT2D eigenvalue weighted by Gasteiger charge is 2.39. The maximum absolute atomic E-state index is 13.4. The van der Waals surface area contributed by atoms with E-state index in [4.69, 9.17) is 4.74 Å². The number of benzene rings is 3. The Morgan fingerprint density at radius 2 is 1.73 bits per heavy atom. The first-order valence-corrected chi connectivity index (χ1v) is 9.78. The molecule has 0 spiro atoms. The number of esters is 1. The van der Waals surface area contributed by atoms with Crippen LogP contribution in [0.5, 0.6) is 0 Å². The van der Waals surface area contributed by atoms with E-state index in [1.165, 1.54) is 12.0 Å². The third-order valence-electron chi connectivity index (χ3n) is 5.49. The number of amides is 2. The van der Waals surface area contributed by atoms with E-state index in [2.05, 4.69) is 5.32 Å². The highest BCUT2D eigenvalue weighted by Crippen LogP contribution is 2.35. The molecular formula is C24H22N2O4. The maximum atomic E-state index is 13.4. The largest absolute Gasteiger partial charge is 0.467 e. The lowest BCUT2D eigenvalue weighted by atomic mass is 9.91. The molecule has 4 rings (SSSR count). The van der Waals surface area contributed by atoms with Gasteiger partial charge in [-0.05, 0) is 41.5 Å². The summed E-state index contributed by atoms with van der Waals surface area (Å²) in [7, 11) is 1.29. The average Bonchev–Trinajstić information content (AvgIpc) is 2.79. The molecule has 2 atom stereocenters. The number of anilines is 1. The van der Waals surface area contributed by atoms with Crippen molar-refractivity contribution >= 4 is 34.2 Å². The van der Waals surface area contributed by atoms with Crippen LogP contribution in [-0.4, -0.2) is 37.0 Å². The van der Waals surface area contributed by atoms with Crippen molar-refractivity contribution in [1.82, 2.24) is 5.32 Å². The molecule has 0 aromatic heterocycles. The predicted molar refractivity (Wildman–Crippen MR) is 114 cm³/mol. The number of nitrogens with zero attached hydrogens (tertiary/aromatic N) is 1. The molecule has 0 aliphatic carbocycles. The zero-order valence-corrected chi connectivity index (χ0v) is 16.8. The van der Waals surface area contributed by atoms with E-state index in [1.807, 2.05) is 42.5 Å². The number of ether oxygens (including phenoxy) is 1. The molecule has 152 valence electrons. The molecule has 6 nitrogen and oxygen atoms in total. The lowest BCUT2D eigenvalue weighted by Crippen LogP contribution is -2.57. The summed E-state index contributed by atoms with van der Waals surface area (Å²) < 4.78 is 4.88. The Morgan fingerprint density at radius 1 is 1.03 bits per heavy atom. The van der Waals surface area contributed by atoms with Gasteiger partial charge in [-0.3, -0.25) is 14.5 Å². The first-order valence-electron chi connectivity index (χ1n) is 9.78. The highest BCUT2D eigenvalue weighted by molar-refractivity contribution is 6.09. The summed E-state index contributed by atoms with van der Waals surface area (Å²) in [5, 5.41) is 4.87. The molecule has 0 radical (unpaired) electrons. The third kappa shape index (κ3) is 3.41. The smallest absolute Gasteiger partial charge is 0.328 e. The number of carbonyl (C=O) groups excluding carboxylic acids is 3. The number of hydrogen-bond donors (Lipinski definition) is 1. The molecule has 30 heavy (non-hydrogen) atoms. The molecule has 0 bridgehead atoms. The Hall–Kier alpha value is -3.67. The molecule has 0 saturated carbocycles. The summed E-state index contributed by atoms with van der Waals surface area (Å²) in [4.78, 5) is 39.8. The zero-order valence-electron chi connectivity index (χ0n) is 16.8. The van der Waals surface area contributed by atoms with E-state index in [9.17, 15) is 14.4 Å². The van der Waals surface area contributed by atoms with Gasteiger partial charge in [0.2, 0.25) is 0 Å². The van der Waals surface area contributed by atoms with Crippen LogP contribution in [0.1, 0.15) is 22.8 Å². The Morgan fingerprint density at radius 3 is 2.47 bits per heavy atom. The van der Waals surface area contributed by atoms with Gasteiger partial charge in [-0.25, -0.2) is 4.79 Å². The van der Waals surface area contributed by atoms with Crippen molar-refractivity contribution in [2.45, 2.75) is 25.4 Å². The van der Waals surface area contributed by atoms with E-state index in [0.717, 1.165) is 16.3 Å². The third-order valence-corrected chi connectivity index (χ3v) is 5.49. The second kappa shape index (κ2) is 7.99. The lowest BCUT2D eigenvalue weighted by Gasteiger charge is -2.37. The van der Waals surface area contributed by atoms with E-state index in [0.29, 0.717) is 17.7 Å². The minimum Gasteiger partial charge on any atom is -0.467 e. The molecule has 2 amide bonds. The molecule has 6 heteroatoms. The number of fused-ring (bicyclic) bond motifs is 3. The minimum atomic E-state index is -0.821. The molecule has 1 aliphatic heterocycles. The van der Waals surface area contributed by atoms with Gasteiger partial charge in [-0.1, -0.05) is 48.5 Å². The summed E-state index contributed by atoms with van der Waals surface area (Å²) in [6.45, 7) is 1.63. The standard InChI is InChI=1S/C24H22N2O4/c1-15(24(29)30-2)26-21-13-12-16-8-6-7-11-18(16)19(21)14-20(23(26)28)25-22(27)17-9-4-3-5-10-17/h3-13,15,20H,14H2,1-2H3,(H,25,27)/t15-,20?/m0/s1. The number of carbonyl (C=O) groups is 3. The van der Waals surface area contributed by atoms with E-state index in [1.54, 1.807) is 31.2 Å². The van der Waals surface area contributed by atoms with Crippen LogP contribution >= 0.6 is 0 Å². The Labute approximate surface area is 174 Å². The van der Waals surface area contributed by atoms with Gasteiger partial charge in [0, 0.05) is 17.7 Å². The second-order valence-corrected chi connectivity index (χ2v) is 7.29. The van der Waals surface area contributed by atoms with Gasteiger partial charge in [0.15, 0.2) is 0 Å². The highest BCUT2D eigenvalue weighted by atomic mass is 16.5. The van der Waals surface area contributed by atoms with Crippen LogP contribution in [0.25, 0.3) is 10.8 Å². The Kier molecular flexibility index (Phi) is 5.23. The Balaban J connectivity index is 1.77. The van der Waals surface area contributed by atoms with Crippen molar-refractivity contribution in [2.24, 2.45) is 0 Å². The number of methoxy groups -OCH3 is 1. The average molecular weight is 402 g/mol. The van der Waals surface area contributed by atoms with Crippen LogP contribution in [0.2, 0.25) is 0 Å². The van der Waals surface area contributed by atoms with Gasteiger partial charge >= 0.3 is 5.97 Å². The molecule has 1 heterocycles. The SMILES string of the molecule is COC(=O)[C@H](C)N1C(=O)C(NC(=O)c2ccccc2)Cc2c1ccc1ccccc21. The van der Waals surface area contributed by atoms with Crippen LogP contribution in [-0.2, 0) is 20.7 Å². The van der Waals surface area contributed by atoms with Gasteiger partial charge in [0.05, 0.1) is 7.11 Å². The topological polar surface area (TPSA) is 75.7 Å². The van der Waals surface area contributed by atoms with Gasteiger partial charge in [0.1, 0.15) is 12.1 Å². The molecular weight excluding hydrogens is 380 g/mol. The van der Waals surface area contributed by atoms with Gasteiger partial charge in [0.25, 0.3) is 11.8 Å². The first-order chi connectivity index (χ1) is 14.5. The summed E-state index contributed by atoms with van der Waals surface area (Å²) in [6.07, 6.45) is 0.346. The quantitative estimate of drug-likeness (QED) is 0.681. The number of hydrogen-bond acceptors (Lipinski definition) is 4. The predicted octanol–water partition coefficient (Wildman–Crippen LogP) is 3.09.